The van der Waals surface area contributed by atoms with E-state index in [-0.39, 0.29) is 10.8 Å². The van der Waals surface area contributed by atoms with Crippen LogP contribution in [0.1, 0.15) is 56.3 Å². The van der Waals surface area contributed by atoms with Crippen LogP contribution in [0.25, 0.3) is 0 Å². The molecular weight excluding hydrogens is 350 g/mol. The third-order valence-electron chi connectivity index (χ3n) is 5.37. The largest absolute Gasteiger partial charge is 0.271 e. The predicted octanol–water partition coefficient (Wildman–Crippen LogP) is 3.01. The van der Waals surface area contributed by atoms with Gasteiger partial charge in [-0.25, -0.2) is 13.8 Å². The van der Waals surface area contributed by atoms with Crippen molar-refractivity contribution in [3.05, 3.63) is 29.8 Å². The summed E-state index contributed by atoms with van der Waals surface area (Å²) in [5.74, 6) is 0.350. The quantitative estimate of drug-likeness (QED) is 0.819. The van der Waals surface area contributed by atoms with Crippen molar-refractivity contribution in [1.82, 2.24) is 9.73 Å². The van der Waals surface area contributed by atoms with Gasteiger partial charge in [-0.3, -0.25) is 4.79 Å². The van der Waals surface area contributed by atoms with E-state index in [0.29, 0.717) is 30.5 Å². The molecular formula is C19H27N3O3S. The minimum atomic E-state index is -3.53. The van der Waals surface area contributed by atoms with Gasteiger partial charge in [-0.15, -0.1) is 0 Å². The third kappa shape index (κ3) is 3.99. The Morgan fingerprint density at radius 1 is 1.12 bits per heavy atom. The second-order valence-electron chi connectivity index (χ2n) is 7.35. The van der Waals surface area contributed by atoms with Crippen LogP contribution in [-0.2, 0) is 10.0 Å². The molecule has 2 aliphatic rings. The molecule has 1 aromatic carbocycles. The number of benzene rings is 1. The topological polar surface area (TPSA) is 78.8 Å². The Labute approximate surface area is 155 Å². The normalized spacial score (nSPS) is 24.5. The summed E-state index contributed by atoms with van der Waals surface area (Å²) >= 11 is 0. The van der Waals surface area contributed by atoms with E-state index in [9.17, 15) is 13.2 Å². The second kappa shape index (κ2) is 7.88. The third-order valence-corrected chi connectivity index (χ3v) is 7.26. The van der Waals surface area contributed by atoms with Crippen LogP contribution in [-0.4, -0.2) is 37.4 Å². The molecule has 0 aromatic heterocycles. The Hall–Kier alpha value is -1.73. The van der Waals surface area contributed by atoms with Crippen LogP contribution in [0.2, 0.25) is 0 Å². The van der Waals surface area contributed by atoms with Crippen molar-refractivity contribution in [3.8, 4) is 0 Å². The summed E-state index contributed by atoms with van der Waals surface area (Å²) < 4.78 is 26.8. The minimum Gasteiger partial charge on any atom is -0.267 e. The highest BCUT2D eigenvalue weighted by Crippen LogP contribution is 2.26. The number of carbonyl (C=O) groups is 1. The number of nitrogens with zero attached hydrogens (tertiary/aromatic N) is 2. The van der Waals surface area contributed by atoms with Crippen molar-refractivity contribution in [3.63, 3.8) is 0 Å². The van der Waals surface area contributed by atoms with E-state index < -0.39 is 10.0 Å². The number of nitrogens with one attached hydrogen (secondary N) is 1. The van der Waals surface area contributed by atoms with Crippen molar-refractivity contribution in [1.29, 1.82) is 0 Å². The lowest BCUT2D eigenvalue weighted by molar-refractivity contribution is 0.0954. The van der Waals surface area contributed by atoms with Crippen LogP contribution >= 0.6 is 0 Å². The average Bonchev–Trinajstić information content (AvgIpc) is 3.17. The molecule has 26 heavy (non-hydrogen) atoms. The van der Waals surface area contributed by atoms with Gasteiger partial charge in [-0.05, 0) is 55.7 Å². The molecule has 1 heterocycles. The Kier molecular flexibility index (Phi) is 5.77. The summed E-state index contributed by atoms with van der Waals surface area (Å²) in [6.45, 7) is 5.35. The first-order chi connectivity index (χ1) is 12.4. The van der Waals surface area contributed by atoms with Crippen LogP contribution in [0, 0.1) is 11.8 Å². The van der Waals surface area contributed by atoms with Gasteiger partial charge in [0.25, 0.3) is 5.91 Å². The highest BCUT2D eigenvalue weighted by atomic mass is 32.2. The summed E-state index contributed by atoms with van der Waals surface area (Å²) in [5.41, 5.74) is 3.95. The molecule has 1 saturated heterocycles. The molecule has 1 N–H and O–H groups in total. The first-order valence-corrected chi connectivity index (χ1v) is 10.8. The zero-order chi connectivity index (χ0) is 18.7. The summed E-state index contributed by atoms with van der Waals surface area (Å²) in [4.78, 5) is 12.6. The second-order valence-corrected chi connectivity index (χ2v) is 9.29. The molecule has 2 fully saturated rings. The van der Waals surface area contributed by atoms with Crippen LogP contribution < -0.4 is 5.43 Å². The minimum absolute atomic E-state index is 0.166. The maximum atomic E-state index is 12.7. The van der Waals surface area contributed by atoms with Gasteiger partial charge in [-0.1, -0.05) is 26.3 Å². The number of carbonyl (C=O) groups excluding carboxylic acids is 1. The number of rotatable bonds is 4. The van der Waals surface area contributed by atoms with E-state index in [2.05, 4.69) is 24.4 Å². The molecule has 6 nitrogen and oxygen atoms in total. The molecule has 7 heteroatoms. The number of hydrogen-bond acceptors (Lipinski definition) is 4. The van der Waals surface area contributed by atoms with E-state index in [1.807, 2.05) is 0 Å². The number of hydrogen-bond donors (Lipinski definition) is 1. The van der Waals surface area contributed by atoms with E-state index in [0.717, 1.165) is 31.4 Å². The number of hydrazone groups is 1. The number of amides is 1. The lowest BCUT2D eigenvalue weighted by atomic mass is 9.81. The van der Waals surface area contributed by atoms with E-state index in [1.54, 1.807) is 18.2 Å². The molecule has 1 aliphatic carbocycles. The smallest absolute Gasteiger partial charge is 0.267 e. The fourth-order valence-corrected chi connectivity index (χ4v) is 5.35. The lowest BCUT2D eigenvalue weighted by Crippen LogP contribution is -2.30. The zero-order valence-corrected chi connectivity index (χ0v) is 16.3. The Balaban J connectivity index is 1.76. The summed E-state index contributed by atoms with van der Waals surface area (Å²) in [7, 11) is -3.53. The lowest BCUT2D eigenvalue weighted by Gasteiger charge is -2.26. The van der Waals surface area contributed by atoms with Crippen molar-refractivity contribution in [2.24, 2.45) is 16.9 Å². The SMILES string of the molecule is C[C@H]1CCC[C@H](C)C1=NNC(=O)c1cccc(S(=O)(=O)N2CCCC2)c1. The van der Waals surface area contributed by atoms with E-state index in [1.165, 1.54) is 16.8 Å². The molecule has 0 unspecified atom stereocenters. The van der Waals surface area contributed by atoms with Crippen molar-refractivity contribution in [2.75, 3.05) is 13.1 Å². The summed E-state index contributed by atoms with van der Waals surface area (Å²) in [6, 6.07) is 6.21. The highest BCUT2D eigenvalue weighted by molar-refractivity contribution is 7.89. The van der Waals surface area contributed by atoms with Crippen molar-refractivity contribution >= 4 is 21.6 Å². The van der Waals surface area contributed by atoms with E-state index in [4.69, 9.17) is 0 Å². The van der Waals surface area contributed by atoms with Gasteiger partial charge < -0.3 is 0 Å². The molecule has 1 amide bonds. The van der Waals surface area contributed by atoms with Gasteiger partial charge in [0.15, 0.2) is 0 Å². The molecule has 1 aliphatic heterocycles. The van der Waals surface area contributed by atoms with Crippen LogP contribution in [0.3, 0.4) is 0 Å². The summed E-state index contributed by atoms with van der Waals surface area (Å²) in [6.07, 6.45) is 5.12. The van der Waals surface area contributed by atoms with Crippen LogP contribution in [0.5, 0.6) is 0 Å². The summed E-state index contributed by atoms with van der Waals surface area (Å²) in [5, 5.41) is 4.35. The fourth-order valence-electron chi connectivity index (χ4n) is 3.79. The highest BCUT2D eigenvalue weighted by Gasteiger charge is 2.28. The Morgan fingerprint density at radius 3 is 2.42 bits per heavy atom. The zero-order valence-electron chi connectivity index (χ0n) is 15.4. The predicted molar refractivity (Wildman–Crippen MR) is 102 cm³/mol. The van der Waals surface area contributed by atoms with Gasteiger partial charge in [0.05, 0.1) is 4.90 Å². The molecule has 0 radical (unpaired) electrons. The van der Waals surface area contributed by atoms with Gasteiger partial charge >= 0.3 is 0 Å². The maximum absolute atomic E-state index is 12.7. The maximum Gasteiger partial charge on any atom is 0.271 e. The van der Waals surface area contributed by atoms with Crippen LogP contribution in [0.4, 0.5) is 0 Å². The molecule has 0 spiro atoms. The van der Waals surface area contributed by atoms with Crippen molar-refractivity contribution in [2.45, 2.75) is 50.8 Å². The van der Waals surface area contributed by atoms with Gasteiger partial charge in [0.2, 0.25) is 10.0 Å². The molecule has 142 valence electrons. The van der Waals surface area contributed by atoms with E-state index >= 15 is 0 Å². The van der Waals surface area contributed by atoms with Gasteiger partial charge in [-0.2, -0.15) is 9.41 Å². The fraction of sp³-hybridized carbons (Fsp3) is 0.579. The Bertz CT molecular complexity index is 786. The average molecular weight is 378 g/mol. The van der Waals surface area contributed by atoms with Gasteiger partial charge in [0.1, 0.15) is 0 Å². The van der Waals surface area contributed by atoms with Crippen LogP contribution in [0.15, 0.2) is 34.3 Å². The first kappa shape index (κ1) is 19.0. The molecule has 3 rings (SSSR count). The first-order valence-electron chi connectivity index (χ1n) is 9.37. The number of sulfonamides is 1. The van der Waals surface area contributed by atoms with Gasteiger partial charge in [0, 0.05) is 24.4 Å². The van der Waals surface area contributed by atoms with Crippen molar-refractivity contribution < 1.29 is 13.2 Å². The molecule has 1 saturated carbocycles. The molecule has 0 bridgehead atoms. The monoisotopic (exact) mass is 377 g/mol. The standard InChI is InChI=1S/C19H27N3O3S/c1-14-7-5-8-15(2)18(14)20-21-19(23)16-9-6-10-17(13-16)26(24,25)22-11-3-4-12-22/h6,9-10,13-15H,3-5,7-8,11-12H2,1-2H3,(H,21,23)/t14-,15-/m0/s1. The Morgan fingerprint density at radius 2 is 1.77 bits per heavy atom. The molecule has 1 aromatic rings. The molecule has 2 atom stereocenters.